The van der Waals surface area contributed by atoms with Gasteiger partial charge in [0.15, 0.2) is 0 Å². The first-order valence-electron chi connectivity index (χ1n) is 6.29. The Hall–Kier alpha value is -0.0800. The van der Waals surface area contributed by atoms with Gasteiger partial charge in [-0.05, 0) is 51.9 Å². The highest BCUT2D eigenvalue weighted by atomic mass is 14.9. The Bertz CT molecular complexity index is 98.5. The minimum Gasteiger partial charge on any atom is -0.320 e. The Morgan fingerprint density at radius 3 is 2.36 bits per heavy atom. The summed E-state index contributed by atoms with van der Waals surface area (Å²) < 4.78 is 0. The average molecular weight is 200 g/mol. The number of hydrogen-bond donors (Lipinski definition) is 2. The Balaban J connectivity index is 0.000000791. The lowest BCUT2D eigenvalue weighted by Gasteiger charge is -2.22. The van der Waals surface area contributed by atoms with Gasteiger partial charge in [-0.2, -0.15) is 0 Å². The molecule has 0 aromatic carbocycles. The van der Waals surface area contributed by atoms with E-state index in [1.165, 1.54) is 51.7 Å². The van der Waals surface area contributed by atoms with Gasteiger partial charge in [0, 0.05) is 0 Å². The van der Waals surface area contributed by atoms with Crippen LogP contribution in [0.3, 0.4) is 0 Å². The molecule has 1 aliphatic heterocycles. The zero-order valence-corrected chi connectivity index (χ0v) is 10.2. The predicted octanol–water partition coefficient (Wildman–Crippen LogP) is 2.40. The molecular weight excluding hydrogens is 172 g/mol. The smallest absolute Gasteiger partial charge is 0.00463 e. The lowest BCUT2D eigenvalue weighted by atomic mass is 9.92. The van der Waals surface area contributed by atoms with E-state index in [4.69, 9.17) is 0 Å². The predicted molar refractivity (Wildman–Crippen MR) is 64.7 cm³/mol. The minimum atomic E-state index is 1.02. The average Bonchev–Trinajstić information content (AvgIpc) is 2.29. The molecule has 14 heavy (non-hydrogen) atoms. The highest BCUT2D eigenvalue weighted by molar-refractivity contribution is 4.68. The van der Waals surface area contributed by atoms with E-state index in [0.29, 0.717) is 0 Å². The number of nitrogens with one attached hydrogen (secondary N) is 2. The van der Waals surface area contributed by atoms with Crippen molar-refractivity contribution < 1.29 is 0 Å². The van der Waals surface area contributed by atoms with Crippen LogP contribution in [0.25, 0.3) is 0 Å². The Morgan fingerprint density at radius 1 is 1.14 bits per heavy atom. The molecular formula is C12H28N2. The van der Waals surface area contributed by atoms with E-state index in [1.807, 2.05) is 20.9 Å². The van der Waals surface area contributed by atoms with Crippen molar-refractivity contribution in [3.63, 3.8) is 0 Å². The molecule has 0 atom stereocenters. The van der Waals surface area contributed by atoms with Crippen LogP contribution >= 0.6 is 0 Å². The fourth-order valence-corrected chi connectivity index (χ4v) is 1.91. The lowest BCUT2D eigenvalue weighted by molar-refractivity contribution is 0.343. The van der Waals surface area contributed by atoms with Crippen LogP contribution in [0.4, 0.5) is 0 Å². The number of hydrogen-bond acceptors (Lipinski definition) is 2. The van der Waals surface area contributed by atoms with Gasteiger partial charge in [-0.3, -0.25) is 0 Å². The van der Waals surface area contributed by atoms with Crippen LogP contribution in [0.15, 0.2) is 0 Å². The van der Waals surface area contributed by atoms with E-state index in [9.17, 15) is 0 Å². The van der Waals surface area contributed by atoms with Gasteiger partial charge in [0.05, 0.1) is 0 Å². The third kappa shape index (κ3) is 7.34. The molecule has 1 heterocycles. The summed E-state index contributed by atoms with van der Waals surface area (Å²) in [6, 6.07) is 0. The summed E-state index contributed by atoms with van der Waals surface area (Å²) in [5.74, 6) is 1.02. The van der Waals surface area contributed by atoms with Crippen molar-refractivity contribution in [2.24, 2.45) is 5.92 Å². The first kappa shape index (κ1) is 13.9. The van der Waals surface area contributed by atoms with Crippen molar-refractivity contribution in [3.05, 3.63) is 0 Å². The van der Waals surface area contributed by atoms with Crippen LogP contribution in [-0.2, 0) is 0 Å². The van der Waals surface area contributed by atoms with E-state index in [1.54, 1.807) is 0 Å². The van der Waals surface area contributed by atoms with Gasteiger partial charge in [0.2, 0.25) is 0 Å². The summed E-state index contributed by atoms with van der Waals surface area (Å²) in [7, 11) is 2.03. The molecule has 1 saturated heterocycles. The maximum atomic E-state index is 3.40. The van der Waals surface area contributed by atoms with Gasteiger partial charge in [0.25, 0.3) is 0 Å². The second-order valence-corrected chi connectivity index (χ2v) is 3.79. The number of piperidine rings is 1. The molecule has 0 amide bonds. The molecule has 0 unspecified atom stereocenters. The Morgan fingerprint density at radius 2 is 1.79 bits per heavy atom. The maximum Gasteiger partial charge on any atom is -0.00463 e. The summed E-state index contributed by atoms with van der Waals surface area (Å²) in [5, 5.41) is 6.60. The summed E-state index contributed by atoms with van der Waals surface area (Å²) >= 11 is 0. The van der Waals surface area contributed by atoms with Crippen molar-refractivity contribution in [1.82, 2.24) is 10.6 Å². The van der Waals surface area contributed by atoms with Gasteiger partial charge in [0.1, 0.15) is 0 Å². The molecule has 0 spiro atoms. The van der Waals surface area contributed by atoms with E-state index >= 15 is 0 Å². The minimum absolute atomic E-state index is 1.02. The molecule has 2 N–H and O–H groups in total. The third-order valence-corrected chi connectivity index (χ3v) is 2.75. The Labute approximate surface area is 89.9 Å². The molecule has 2 nitrogen and oxygen atoms in total. The van der Waals surface area contributed by atoms with Crippen LogP contribution in [0.2, 0.25) is 0 Å². The van der Waals surface area contributed by atoms with E-state index < -0.39 is 0 Å². The fourth-order valence-electron chi connectivity index (χ4n) is 1.91. The molecule has 0 aromatic heterocycles. The first-order chi connectivity index (χ1) is 6.93. The number of unbranched alkanes of at least 4 members (excludes halogenated alkanes) is 1. The summed E-state index contributed by atoms with van der Waals surface area (Å²) in [6.07, 6.45) is 7.01. The SMILES string of the molecule is CC.CNCCCCC1CCNCC1. The highest BCUT2D eigenvalue weighted by Gasteiger charge is 2.11. The van der Waals surface area contributed by atoms with Gasteiger partial charge < -0.3 is 10.6 Å². The largest absolute Gasteiger partial charge is 0.320 e. The fraction of sp³-hybridized carbons (Fsp3) is 1.00. The number of rotatable bonds is 5. The normalized spacial score (nSPS) is 17.4. The van der Waals surface area contributed by atoms with Crippen molar-refractivity contribution >= 4 is 0 Å². The maximum absolute atomic E-state index is 3.40. The van der Waals surface area contributed by atoms with E-state index in [0.717, 1.165) is 5.92 Å². The molecule has 0 aromatic rings. The van der Waals surface area contributed by atoms with Gasteiger partial charge in [-0.25, -0.2) is 0 Å². The molecule has 0 saturated carbocycles. The molecule has 86 valence electrons. The van der Waals surface area contributed by atoms with Gasteiger partial charge >= 0.3 is 0 Å². The van der Waals surface area contributed by atoms with Crippen LogP contribution in [0, 0.1) is 5.92 Å². The van der Waals surface area contributed by atoms with E-state index in [-0.39, 0.29) is 0 Å². The van der Waals surface area contributed by atoms with Crippen molar-refractivity contribution in [2.45, 2.75) is 46.0 Å². The summed E-state index contributed by atoms with van der Waals surface area (Å²) in [4.78, 5) is 0. The van der Waals surface area contributed by atoms with Crippen molar-refractivity contribution in [2.75, 3.05) is 26.7 Å². The quantitative estimate of drug-likeness (QED) is 0.666. The highest BCUT2D eigenvalue weighted by Crippen LogP contribution is 2.18. The first-order valence-corrected chi connectivity index (χ1v) is 6.29. The molecule has 1 rings (SSSR count). The monoisotopic (exact) mass is 200 g/mol. The zero-order valence-electron chi connectivity index (χ0n) is 10.2. The molecule has 2 heteroatoms. The molecule has 1 fully saturated rings. The molecule has 0 bridgehead atoms. The molecule has 1 aliphatic rings. The summed E-state index contributed by atoms with van der Waals surface area (Å²) in [5.41, 5.74) is 0. The van der Waals surface area contributed by atoms with Crippen molar-refractivity contribution in [3.8, 4) is 0 Å². The zero-order chi connectivity index (χ0) is 10.6. The third-order valence-electron chi connectivity index (χ3n) is 2.75. The second kappa shape index (κ2) is 11.0. The molecule has 0 aliphatic carbocycles. The van der Waals surface area contributed by atoms with Crippen LogP contribution < -0.4 is 10.6 Å². The van der Waals surface area contributed by atoms with E-state index in [2.05, 4.69) is 10.6 Å². The summed E-state index contributed by atoms with van der Waals surface area (Å²) in [6.45, 7) is 7.68. The van der Waals surface area contributed by atoms with Crippen molar-refractivity contribution in [1.29, 1.82) is 0 Å². The van der Waals surface area contributed by atoms with Gasteiger partial charge in [-0.15, -0.1) is 0 Å². The topological polar surface area (TPSA) is 24.1 Å². The second-order valence-electron chi connectivity index (χ2n) is 3.79. The van der Waals surface area contributed by atoms with Crippen LogP contribution in [-0.4, -0.2) is 26.7 Å². The Kier molecular flexibility index (Phi) is 10.9. The van der Waals surface area contributed by atoms with Crippen LogP contribution in [0.1, 0.15) is 46.0 Å². The lowest BCUT2D eigenvalue weighted by Crippen LogP contribution is -2.27. The standard InChI is InChI=1S/C10H22N2.C2H6/c1-11-7-3-2-4-10-5-8-12-9-6-10;1-2/h10-12H,2-9H2,1H3;1-2H3. The molecule has 0 radical (unpaired) electrons. The van der Waals surface area contributed by atoms with Gasteiger partial charge in [-0.1, -0.05) is 26.7 Å². The van der Waals surface area contributed by atoms with Crippen LogP contribution in [0.5, 0.6) is 0 Å².